The molecule has 16 heavy (non-hydrogen) atoms. The van der Waals surface area contributed by atoms with E-state index < -0.39 is 0 Å². The summed E-state index contributed by atoms with van der Waals surface area (Å²) in [5, 5.41) is 4.31. The lowest BCUT2D eigenvalue weighted by atomic mass is 10.2. The highest BCUT2D eigenvalue weighted by molar-refractivity contribution is 7.09. The van der Waals surface area contributed by atoms with Crippen LogP contribution >= 0.6 is 11.5 Å². The molecule has 1 aromatic heterocycles. The molecule has 90 valence electrons. The number of aromatic nitrogens is 2. The normalized spacial score (nSPS) is 18.9. The molecule has 4 nitrogen and oxygen atoms in total. The summed E-state index contributed by atoms with van der Waals surface area (Å²) in [6.07, 6.45) is 2.74. The number of likely N-dealkylation sites (tertiary alicyclic amines) is 1. The molecule has 2 rings (SSSR count). The monoisotopic (exact) mass is 240 g/mol. The Morgan fingerprint density at radius 1 is 1.44 bits per heavy atom. The lowest BCUT2D eigenvalue weighted by molar-refractivity contribution is 0.294. The van der Waals surface area contributed by atoms with Crippen LogP contribution in [0.5, 0.6) is 0 Å². The van der Waals surface area contributed by atoms with Gasteiger partial charge < -0.3 is 10.2 Å². The van der Waals surface area contributed by atoms with Gasteiger partial charge in [0.15, 0.2) is 0 Å². The molecule has 0 aromatic carbocycles. The minimum atomic E-state index is 0.669. The SMILES string of the molecule is Cc1nsc(NCC(C)CN2CCCC2)n1. The Morgan fingerprint density at radius 2 is 2.19 bits per heavy atom. The maximum Gasteiger partial charge on any atom is 0.202 e. The van der Waals surface area contributed by atoms with Crippen molar-refractivity contribution < 1.29 is 0 Å². The number of nitrogens with zero attached hydrogens (tertiary/aromatic N) is 3. The van der Waals surface area contributed by atoms with E-state index in [9.17, 15) is 0 Å². The molecule has 0 amide bonds. The first-order chi connectivity index (χ1) is 7.74. The van der Waals surface area contributed by atoms with E-state index in [1.807, 2.05) is 6.92 Å². The zero-order valence-electron chi connectivity index (χ0n) is 10.1. The quantitative estimate of drug-likeness (QED) is 0.854. The van der Waals surface area contributed by atoms with E-state index >= 15 is 0 Å². The fraction of sp³-hybridized carbons (Fsp3) is 0.818. The Balaban J connectivity index is 1.68. The Kier molecular flexibility index (Phi) is 4.12. The van der Waals surface area contributed by atoms with E-state index in [1.54, 1.807) is 0 Å². The van der Waals surface area contributed by atoms with E-state index in [4.69, 9.17) is 0 Å². The van der Waals surface area contributed by atoms with Crippen LogP contribution in [0.4, 0.5) is 5.13 Å². The lowest BCUT2D eigenvalue weighted by Crippen LogP contribution is -2.28. The first-order valence-electron chi connectivity index (χ1n) is 6.00. The fourth-order valence-electron chi connectivity index (χ4n) is 2.10. The maximum absolute atomic E-state index is 4.30. The molecule has 0 bridgehead atoms. The summed E-state index contributed by atoms with van der Waals surface area (Å²) < 4.78 is 4.16. The summed E-state index contributed by atoms with van der Waals surface area (Å²) in [6, 6.07) is 0. The van der Waals surface area contributed by atoms with Crippen LogP contribution in [0.1, 0.15) is 25.6 Å². The molecule has 1 aliphatic rings. The van der Waals surface area contributed by atoms with Gasteiger partial charge in [0.25, 0.3) is 0 Å². The summed E-state index contributed by atoms with van der Waals surface area (Å²) in [6.45, 7) is 8.97. The molecule has 1 saturated heterocycles. The van der Waals surface area contributed by atoms with Gasteiger partial charge in [0, 0.05) is 24.6 Å². The van der Waals surface area contributed by atoms with Gasteiger partial charge >= 0.3 is 0 Å². The van der Waals surface area contributed by atoms with Crippen molar-refractivity contribution in [1.29, 1.82) is 0 Å². The molecule has 5 heteroatoms. The molecule has 0 spiro atoms. The summed E-state index contributed by atoms with van der Waals surface area (Å²) in [7, 11) is 0. The Hall–Kier alpha value is -0.680. The van der Waals surface area contributed by atoms with Crippen LogP contribution in [-0.4, -0.2) is 40.4 Å². The molecule has 0 saturated carbocycles. The number of anilines is 1. The third kappa shape index (κ3) is 3.42. The summed E-state index contributed by atoms with van der Waals surface area (Å²) >= 11 is 1.45. The number of hydrogen-bond acceptors (Lipinski definition) is 5. The summed E-state index contributed by atoms with van der Waals surface area (Å²) in [5.41, 5.74) is 0. The van der Waals surface area contributed by atoms with E-state index in [1.165, 1.54) is 44.0 Å². The van der Waals surface area contributed by atoms with Gasteiger partial charge in [-0.2, -0.15) is 4.37 Å². The number of hydrogen-bond donors (Lipinski definition) is 1. The van der Waals surface area contributed by atoms with Crippen LogP contribution in [0.15, 0.2) is 0 Å². The molecule has 0 aliphatic carbocycles. The molecule has 1 N–H and O–H groups in total. The minimum absolute atomic E-state index is 0.669. The Bertz CT molecular complexity index is 320. The van der Waals surface area contributed by atoms with Gasteiger partial charge in [0.1, 0.15) is 5.82 Å². The highest BCUT2D eigenvalue weighted by Gasteiger charge is 2.14. The number of nitrogens with one attached hydrogen (secondary N) is 1. The Labute approximate surface area is 101 Å². The Morgan fingerprint density at radius 3 is 2.81 bits per heavy atom. The fourth-order valence-corrected chi connectivity index (χ4v) is 2.68. The first kappa shape index (κ1) is 11.8. The van der Waals surface area contributed by atoms with Crippen molar-refractivity contribution >= 4 is 16.7 Å². The number of rotatable bonds is 5. The van der Waals surface area contributed by atoms with Crippen molar-refractivity contribution in [3.8, 4) is 0 Å². The van der Waals surface area contributed by atoms with E-state index in [0.29, 0.717) is 5.92 Å². The van der Waals surface area contributed by atoms with Crippen molar-refractivity contribution in [2.45, 2.75) is 26.7 Å². The van der Waals surface area contributed by atoms with Gasteiger partial charge in [0.05, 0.1) is 0 Å². The van der Waals surface area contributed by atoms with E-state index in [-0.39, 0.29) is 0 Å². The van der Waals surface area contributed by atoms with Crippen LogP contribution < -0.4 is 5.32 Å². The van der Waals surface area contributed by atoms with Crippen LogP contribution in [-0.2, 0) is 0 Å². The van der Waals surface area contributed by atoms with Gasteiger partial charge in [-0.15, -0.1) is 0 Å². The predicted octanol–water partition coefficient (Wildman–Crippen LogP) is 1.99. The zero-order chi connectivity index (χ0) is 11.4. The second kappa shape index (κ2) is 5.59. The molecule has 1 aromatic rings. The molecular weight excluding hydrogens is 220 g/mol. The summed E-state index contributed by atoms with van der Waals surface area (Å²) in [5.74, 6) is 1.53. The molecule has 1 aliphatic heterocycles. The van der Waals surface area contributed by atoms with E-state index in [0.717, 1.165) is 17.5 Å². The standard InChI is InChI=1S/C11H20N4S/c1-9(8-15-5-3-4-6-15)7-12-11-13-10(2)14-16-11/h9H,3-8H2,1-2H3,(H,12,13,14). The molecule has 1 fully saturated rings. The second-order valence-electron chi connectivity index (χ2n) is 4.64. The third-order valence-electron chi connectivity index (χ3n) is 2.90. The van der Waals surface area contributed by atoms with Crippen molar-refractivity contribution in [3.05, 3.63) is 5.82 Å². The second-order valence-corrected chi connectivity index (χ2v) is 5.39. The van der Waals surface area contributed by atoms with Gasteiger partial charge in [-0.1, -0.05) is 6.92 Å². The van der Waals surface area contributed by atoms with Gasteiger partial charge in [-0.25, -0.2) is 4.98 Å². The predicted molar refractivity (Wildman–Crippen MR) is 68.0 cm³/mol. The van der Waals surface area contributed by atoms with Crippen LogP contribution in [0.3, 0.4) is 0 Å². The smallest absolute Gasteiger partial charge is 0.202 e. The summed E-state index contributed by atoms with van der Waals surface area (Å²) in [4.78, 5) is 6.85. The molecule has 2 heterocycles. The lowest BCUT2D eigenvalue weighted by Gasteiger charge is -2.20. The molecule has 1 atom stereocenters. The third-order valence-corrected chi connectivity index (χ3v) is 3.66. The highest BCUT2D eigenvalue weighted by atomic mass is 32.1. The molecule has 0 radical (unpaired) electrons. The van der Waals surface area contributed by atoms with Crippen LogP contribution in [0.2, 0.25) is 0 Å². The topological polar surface area (TPSA) is 41.1 Å². The van der Waals surface area contributed by atoms with E-state index in [2.05, 4.69) is 26.5 Å². The van der Waals surface area contributed by atoms with Crippen molar-refractivity contribution in [1.82, 2.24) is 14.3 Å². The van der Waals surface area contributed by atoms with Gasteiger partial charge in [-0.05, 0) is 38.8 Å². The van der Waals surface area contributed by atoms with Gasteiger partial charge in [0.2, 0.25) is 5.13 Å². The first-order valence-corrected chi connectivity index (χ1v) is 6.78. The largest absolute Gasteiger partial charge is 0.360 e. The van der Waals surface area contributed by atoms with Crippen molar-refractivity contribution in [3.63, 3.8) is 0 Å². The van der Waals surface area contributed by atoms with Crippen molar-refractivity contribution in [2.75, 3.05) is 31.5 Å². The van der Waals surface area contributed by atoms with Crippen LogP contribution in [0, 0.1) is 12.8 Å². The maximum atomic E-state index is 4.30. The number of aryl methyl sites for hydroxylation is 1. The minimum Gasteiger partial charge on any atom is -0.360 e. The average molecular weight is 240 g/mol. The zero-order valence-corrected chi connectivity index (χ0v) is 10.9. The highest BCUT2D eigenvalue weighted by Crippen LogP contribution is 2.13. The molecule has 1 unspecified atom stereocenters. The average Bonchev–Trinajstić information content (AvgIpc) is 2.87. The van der Waals surface area contributed by atoms with Crippen molar-refractivity contribution in [2.24, 2.45) is 5.92 Å². The van der Waals surface area contributed by atoms with Crippen LogP contribution in [0.25, 0.3) is 0 Å². The van der Waals surface area contributed by atoms with Gasteiger partial charge in [-0.3, -0.25) is 0 Å². The molecular formula is C11H20N4S.